The molecule has 1 aromatic carbocycles. The number of aromatic nitrogens is 2. The molecule has 0 fully saturated rings. The van der Waals surface area contributed by atoms with Crippen LogP contribution in [0.15, 0.2) is 24.3 Å². The Bertz CT molecular complexity index is 676. The molecule has 1 aromatic heterocycles. The number of benzene rings is 1. The molecule has 6 nitrogen and oxygen atoms in total. The van der Waals surface area contributed by atoms with Gasteiger partial charge in [0.2, 0.25) is 6.79 Å². The SMILES string of the molecule is COCCN(Cc1ccc2c(c1)OCO2)c1cc(Cl)nc(C)n1. The normalized spacial score (nSPS) is 12.5. The van der Waals surface area contributed by atoms with Gasteiger partial charge in [-0.2, -0.15) is 0 Å². The van der Waals surface area contributed by atoms with E-state index in [1.807, 2.05) is 25.1 Å². The predicted octanol–water partition coefficient (Wildman–Crippen LogP) is 2.82. The second-order valence-electron chi connectivity index (χ2n) is 5.20. The van der Waals surface area contributed by atoms with Crippen molar-refractivity contribution < 1.29 is 14.2 Å². The first-order valence-corrected chi connectivity index (χ1v) is 7.67. The second kappa shape index (κ2) is 7.02. The molecule has 7 heteroatoms. The molecule has 1 aliphatic rings. The minimum atomic E-state index is 0.271. The summed E-state index contributed by atoms with van der Waals surface area (Å²) in [5, 5.41) is 0.431. The lowest BCUT2D eigenvalue weighted by Gasteiger charge is -2.24. The maximum Gasteiger partial charge on any atom is 0.231 e. The zero-order valence-corrected chi connectivity index (χ0v) is 13.8. The highest BCUT2D eigenvalue weighted by molar-refractivity contribution is 6.29. The van der Waals surface area contributed by atoms with E-state index in [4.69, 9.17) is 25.8 Å². The number of hydrogen-bond acceptors (Lipinski definition) is 6. The van der Waals surface area contributed by atoms with Crippen LogP contribution in [-0.2, 0) is 11.3 Å². The molecule has 0 spiro atoms. The molecule has 1 aliphatic heterocycles. The van der Waals surface area contributed by atoms with Crippen LogP contribution in [0.1, 0.15) is 11.4 Å². The first-order valence-electron chi connectivity index (χ1n) is 7.29. The van der Waals surface area contributed by atoms with Gasteiger partial charge in [-0.1, -0.05) is 17.7 Å². The molecule has 0 radical (unpaired) electrons. The lowest BCUT2D eigenvalue weighted by atomic mass is 10.2. The highest BCUT2D eigenvalue weighted by Gasteiger charge is 2.16. The summed E-state index contributed by atoms with van der Waals surface area (Å²) < 4.78 is 16.0. The third-order valence-corrected chi connectivity index (χ3v) is 3.69. The van der Waals surface area contributed by atoms with Crippen molar-refractivity contribution in [2.24, 2.45) is 0 Å². The summed E-state index contributed by atoms with van der Waals surface area (Å²) in [5.41, 5.74) is 1.10. The number of anilines is 1. The summed E-state index contributed by atoms with van der Waals surface area (Å²) in [5.74, 6) is 2.96. The lowest BCUT2D eigenvalue weighted by molar-refractivity contribution is 0.174. The van der Waals surface area contributed by atoms with Gasteiger partial charge >= 0.3 is 0 Å². The second-order valence-corrected chi connectivity index (χ2v) is 5.59. The van der Waals surface area contributed by atoms with Gasteiger partial charge in [0.25, 0.3) is 0 Å². The van der Waals surface area contributed by atoms with Gasteiger partial charge in [-0.3, -0.25) is 0 Å². The molecular weight excluding hydrogens is 318 g/mol. The van der Waals surface area contributed by atoms with E-state index in [-0.39, 0.29) is 6.79 Å². The van der Waals surface area contributed by atoms with Crippen LogP contribution in [0, 0.1) is 6.92 Å². The van der Waals surface area contributed by atoms with Crippen molar-refractivity contribution in [3.63, 3.8) is 0 Å². The fourth-order valence-corrected chi connectivity index (χ4v) is 2.63. The Labute approximate surface area is 140 Å². The van der Waals surface area contributed by atoms with Gasteiger partial charge in [0.05, 0.1) is 6.61 Å². The molecule has 122 valence electrons. The molecule has 0 unspecified atom stereocenters. The summed E-state index contributed by atoms with van der Waals surface area (Å²) in [6.07, 6.45) is 0. The largest absolute Gasteiger partial charge is 0.454 e. The van der Waals surface area contributed by atoms with Crippen molar-refractivity contribution in [3.05, 3.63) is 40.8 Å². The van der Waals surface area contributed by atoms with Crippen molar-refractivity contribution in [3.8, 4) is 11.5 Å². The van der Waals surface area contributed by atoms with Crippen LogP contribution in [0.2, 0.25) is 5.15 Å². The van der Waals surface area contributed by atoms with Gasteiger partial charge in [-0.15, -0.1) is 0 Å². The molecule has 0 aliphatic carbocycles. The quantitative estimate of drug-likeness (QED) is 0.757. The zero-order chi connectivity index (χ0) is 16.2. The Morgan fingerprint density at radius 1 is 1.22 bits per heavy atom. The number of hydrogen-bond donors (Lipinski definition) is 0. The Morgan fingerprint density at radius 2 is 2.04 bits per heavy atom. The topological polar surface area (TPSA) is 56.7 Å². The van der Waals surface area contributed by atoms with Crippen molar-refractivity contribution in [2.75, 3.05) is 32.0 Å². The predicted molar refractivity (Wildman–Crippen MR) is 87.3 cm³/mol. The molecule has 0 atom stereocenters. The Kier molecular flexibility index (Phi) is 4.83. The number of methoxy groups -OCH3 is 1. The molecule has 0 bridgehead atoms. The third kappa shape index (κ3) is 3.83. The van der Waals surface area contributed by atoms with E-state index in [0.29, 0.717) is 30.7 Å². The fraction of sp³-hybridized carbons (Fsp3) is 0.375. The summed E-state index contributed by atoms with van der Waals surface area (Å²) in [4.78, 5) is 10.7. The van der Waals surface area contributed by atoms with Crippen LogP contribution in [0.4, 0.5) is 5.82 Å². The van der Waals surface area contributed by atoms with Crippen LogP contribution in [-0.4, -0.2) is 37.0 Å². The Balaban J connectivity index is 1.84. The molecule has 0 saturated heterocycles. The van der Waals surface area contributed by atoms with Gasteiger partial charge in [0.1, 0.15) is 16.8 Å². The van der Waals surface area contributed by atoms with E-state index in [2.05, 4.69) is 14.9 Å². The zero-order valence-electron chi connectivity index (χ0n) is 13.1. The minimum Gasteiger partial charge on any atom is -0.454 e. The number of rotatable bonds is 6. The van der Waals surface area contributed by atoms with Gasteiger partial charge in [-0.25, -0.2) is 9.97 Å². The van der Waals surface area contributed by atoms with Crippen molar-refractivity contribution in [1.82, 2.24) is 9.97 Å². The maximum absolute atomic E-state index is 6.06. The smallest absolute Gasteiger partial charge is 0.231 e. The first-order chi connectivity index (χ1) is 11.2. The molecule has 23 heavy (non-hydrogen) atoms. The average molecular weight is 336 g/mol. The van der Waals surface area contributed by atoms with E-state index >= 15 is 0 Å². The van der Waals surface area contributed by atoms with Crippen molar-refractivity contribution >= 4 is 17.4 Å². The summed E-state index contributed by atoms with van der Waals surface area (Å²) in [7, 11) is 1.68. The van der Waals surface area contributed by atoms with Crippen LogP contribution in [0.3, 0.4) is 0 Å². The number of ether oxygens (including phenoxy) is 3. The van der Waals surface area contributed by atoms with Crippen LogP contribution >= 0.6 is 11.6 Å². The molecule has 0 amide bonds. The third-order valence-electron chi connectivity index (χ3n) is 3.49. The molecule has 0 N–H and O–H groups in total. The van der Waals surface area contributed by atoms with Gasteiger partial charge in [0, 0.05) is 26.3 Å². The van der Waals surface area contributed by atoms with E-state index in [1.165, 1.54) is 0 Å². The van der Waals surface area contributed by atoms with Crippen LogP contribution < -0.4 is 14.4 Å². The summed E-state index contributed by atoms with van der Waals surface area (Å²) >= 11 is 6.06. The standard InChI is InChI=1S/C16H18ClN3O3/c1-11-18-15(17)8-16(19-11)20(5-6-21-2)9-12-3-4-13-14(7-12)23-10-22-13/h3-4,7-8H,5-6,9-10H2,1-2H3. The molecule has 0 saturated carbocycles. The van der Waals surface area contributed by atoms with Gasteiger partial charge in [0.15, 0.2) is 11.5 Å². The Morgan fingerprint density at radius 3 is 2.83 bits per heavy atom. The number of nitrogens with zero attached hydrogens (tertiary/aromatic N) is 3. The van der Waals surface area contributed by atoms with Gasteiger partial charge < -0.3 is 19.1 Å². The molecular formula is C16H18ClN3O3. The van der Waals surface area contributed by atoms with E-state index in [9.17, 15) is 0 Å². The van der Waals surface area contributed by atoms with Gasteiger partial charge in [-0.05, 0) is 24.6 Å². The maximum atomic E-state index is 6.06. The summed E-state index contributed by atoms with van der Waals surface area (Å²) in [6.45, 7) is 4.03. The van der Waals surface area contributed by atoms with Crippen LogP contribution in [0.25, 0.3) is 0 Å². The highest BCUT2D eigenvalue weighted by atomic mass is 35.5. The number of fused-ring (bicyclic) bond motifs is 1. The van der Waals surface area contributed by atoms with E-state index < -0.39 is 0 Å². The lowest BCUT2D eigenvalue weighted by Crippen LogP contribution is -2.28. The average Bonchev–Trinajstić information content (AvgIpc) is 2.98. The van der Waals surface area contributed by atoms with E-state index in [1.54, 1.807) is 13.2 Å². The van der Waals surface area contributed by atoms with Crippen LogP contribution in [0.5, 0.6) is 11.5 Å². The summed E-state index contributed by atoms with van der Waals surface area (Å²) in [6, 6.07) is 7.68. The van der Waals surface area contributed by atoms with E-state index in [0.717, 1.165) is 22.9 Å². The highest BCUT2D eigenvalue weighted by Crippen LogP contribution is 2.33. The fourth-order valence-electron chi connectivity index (χ4n) is 2.41. The monoisotopic (exact) mass is 335 g/mol. The number of aryl methyl sites for hydroxylation is 1. The minimum absolute atomic E-state index is 0.271. The molecule has 2 aromatic rings. The Hall–Kier alpha value is -2.05. The first kappa shape index (κ1) is 15.8. The molecule has 3 rings (SSSR count). The number of halogens is 1. The van der Waals surface area contributed by atoms with Crippen molar-refractivity contribution in [2.45, 2.75) is 13.5 Å². The van der Waals surface area contributed by atoms with Crippen molar-refractivity contribution in [1.29, 1.82) is 0 Å². The molecule has 2 heterocycles.